The van der Waals surface area contributed by atoms with Crippen molar-refractivity contribution < 1.29 is 0 Å². The van der Waals surface area contributed by atoms with Crippen LogP contribution in [0.2, 0.25) is 0 Å². The van der Waals surface area contributed by atoms with Crippen molar-refractivity contribution in [3.63, 3.8) is 0 Å². The minimum atomic E-state index is 0.307. The third-order valence-electron chi connectivity index (χ3n) is 3.08. The molecule has 1 aliphatic rings. The van der Waals surface area contributed by atoms with E-state index in [1.807, 2.05) is 5.38 Å². The maximum Gasteiger partial charge on any atom is 0.0895 e. The summed E-state index contributed by atoms with van der Waals surface area (Å²) in [5.74, 6) is 0.644. The molecule has 0 bridgehead atoms. The van der Waals surface area contributed by atoms with Gasteiger partial charge in [-0.05, 0) is 43.8 Å². The van der Waals surface area contributed by atoms with E-state index in [1.54, 1.807) is 0 Å². The Morgan fingerprint density at radius 1 is 1.73 bits per heavy atom. The van der Waals surface area contributed by atoms with Gasteiger partial charge in [0.05, 0.1) is 5.69 Å². The normalized spacial score (nSPS) is 25.3. The first-order chi connectivity index (χ1) is 7.25. The SMILES string of the molecule is CC(N)C1CCCN(Cc2csnn2)C1. The van der Waals surface area contributed by atoms with Crippen molar-refractivity contribution in [2.45, 2.75) is 32.4 Å². The van der Waals surface area contributed by atoms with Crippen molar-refractivity contribution in [2.75, 3.05) is 13.1 Å². The largest absolute Gasteiger partial charge is 0.328 e. The molecule has 2 atom stereocenters. The van der Waals surface area contributed by atoms with Crippen LogP contribution in [0, 0.1) is 5.92 Å². The molecule has 0 spiro atoms. The Morgan fingerprint density at radius 2 is 2.60 bits per heavy atom. The van der Waals surface area contributed by atoms with E-state index in [4.69, 9.17) is 5.73 Å². The number of hydrogen-bond donors (Lipinski definition) is 1. The Labute approximate surface area is 94.6 Å². The molecule has 0 radical (unpaired) electrons. The zero-order chi connectivity index (χ0) is 10.7. The molecule has 1 fully saturated rings. The summed E-state index contributed by atoms with van der Waals surface area (Å²) in [5, 5.41) is 6.10. The first-order valence-electron chi connectivity index (χ1n) is 5.49. The molecule has 1 aliphatic heterocycles. The molecule has 1 saturated heterocycles. The molecule has 4 nitrogen and oxygen atoms in total. The molecule has 0 aromatic carbocycles. The fraction of sp³-hybridized carbons (Fsp3) is 0.800. The number of likely N-dealkylation sites (tertiary alicyclic amines) is 1. The quantitative estimate of drug-likeness (QED) is 0.838. The molecule has 2 heterocycles. The zero-order valence-corrected chi connectivity index (χ0v) is 9.91. The van der Waals surface area contributed by atoms with Crippen LogP contribution in [0.3, 0.4) is 0 Å². The molecule has 0 saturated carbocycles. The van der Waals surface area contributed by atoms with Crippen LogP contribution in [0.15, 0.2) is 5.38 Å². The highest BCUT2D eigenvalue weighted by molar-refractivity contribution is 7.03. The highest BCUT2D eigenvalue weighted by Crippen LogP contribution is 2.20. The van der Waals surface area contributed by atoms with Crippen LogP contribution in [0.4, 0.5) is 0 Å². The third-order valence-corrected chi connectivity index (χ3v) is 3.63. The Kier molecular flexibility index (Phi) is 3.66. The Morgan fingerprint density at radius 3 is 3.27 bits per heavy atom. The molecule has 15 heavy (non-hydrogen) atoms. The number of hydrogen-bond acceptors (Lipinski definition) is 5. The predicted octanol–water partition coefficient (Wildman–Crippen LogP) is 1.10. The lowest BCUT2D eigenvalue weighted by Crippen LogP contribution is -2.41. The minimum Gasteiger partial charge on any atom is -0.328 e. The third kappa shape index (κ3) is 2.96. The summed E-state index contributed by atoms with van der Waals surface area (Å²) < 4.78 is 3.88. The van der Waals surface area contributed by atoms with E-state index >= 15 is 0 Å². The number of rotatable bonds is 3. The Bertz CT molecular complexity index is 286. The topological polar surface area (TPSA) is 55.0 Å². The van der Waals surface area contributed by atoms with E-state index in [0.717, 1.165) is 18.8 Å². The molecule has 2 unspecified atom stereocenters. The first kappa shape index (κ1) is 11.0. The molecular formula is C10H18N4S. The van der Waals surface area contributed by atoms with Gasteiger partial charge in [0.25, 0.3) is 0 Å². The van der Waals surface area contributed by atoms with Gasteiger partial charge in [-0.25, -0.2) is 0 Å². The molecule has 0 aliphatic carbocycles. The van der Waals surface area contributed by atoms with Crippen LogP contribution in [-0.4, -0.2) is 33.6 Å². The molecule has 84 valence electrons. The van der Waals surface area contributed by atoms with Gasteiger partial charge >= 0.3 is 0 Å². The summed E-state index contributed by atoms with van der Waals surface area (Å²) in [6.45, 7) is 5.31. The van der Waals surface area contributed by atoms with Crippen molar-refractivity contribution in [2.24, 2.45) is 11.7 Å². The monoisotopic (exact) mass is 226 g/mol. The summed E-state index contributed by atoms with van der Waals surface area (Å²) in [6, 6.07) is 0.307. The average molecular weight is 226 g/mol. The maximum atomic E-state index is 5.95. The number of aromatic nitrogens is 2. The van der Waals surface area contributed by atoms with Crippen LogP contribution in [-0.2, 0) is 6.54 Å². The van der Waals surface area contributed by atoms with Gasteiger partial charge in [0.15, 0.2) is 0 Å². The predicted molar refractivity (Wildman–Crippen MR) is 61.6 cm³/mol. The van der Waals surface area contributed by atoms with Crippen molar-refractivity contribution in [3.05, 3.63) is 11.1 Å². The van der Waals surface area contributed by atoms with Gasteiger partial charge in [0.2, 0.25) is 0 Å². The first-order valence-corrected chi connectivity index (χ1v) is 6.33. The van der Waals surface area contributed by atoms with Crippen LogP contribution in [0.5, 0.6) is 0 Å². The summed E-state index contributed by atoms with van der Waals surface area (Å²) >= 11 is 1.42. The highest BCUT2D eigenvalue weighted by Gasteiger charge is 2.22. The van der Waals surface area contributed by atoms with E-state index in [0.29, 0.717) is 12.0 Å². The van der Waals surface area contributed by atoms with Crippen molar-refractivity contribution in [3.8, 4) is 0 Å². The van der Waals surface area contributed by atoms with Crippen LogP contribution < -0.4 is 5.73 Å². The minimum absolute atomic E-state index is 0.307. The number of piperidine rings is 1. The smallest absolute Gasteiger partial charge is 0.0895 e. The van der Waals surface area contributed by atoms with Gasteiger partial charge in [0, 0.05) is 24.5 Å². The van der Waals surface area contributed by atoms with Gasteiger partial charge in [-0.1, -0.05) is 4.49 Å². The van der Waals surface area contributed by atoms with Crippen molar-refractivity contribution in [1.29, 1.82) is 0 Å². The van der Waals surface area contributed by atoms with Gasteiger partial charge in [-0.15, -0.1) is 5.10 Å². The zero-order valence-electron chi connectivity index (χ0n) is 9.09. The Balaban J connectivity index is 1.88. The molecule has 5 heteroatoms. The lowest BCUT2D eigenvalue weighted by atomic mass is 9.92. The standard InChI is InChI=1S/C10H18N4S/c1-8(11)9-3-2-4-14(5-9)6-10-7-15-13-12-10/h7-9H,2-6,11H2,1H3. The number of nitrogens with zero attached hydrogens (tertiary/aromatic N) is 3. The van der Waals surface area contributed by atoms with E-state index in [9.17, 15) is 0 Å². The second kappa shape index (κ2) is 5.01. The fourth-order valence-electron chi connectivity index (χ4n) is 2.15. The van der Waals surface area contributed by atoms with Gasteiger partial charge in [-0.2, -0.15) is 0 Å². The van der Waals surface area contributed by atoms with Crippen molar-refractivity contribution >= 4 is 11.5 Å². The van der Waals surface area contributed by atoms with Crippen molar-refractivity contribution in [1.82, 2.24) is 14.5 Å². The molecule has 1 aromatic rings. The summed E-state index contributed by atoms with van der Waals surface area (Å²) in [4.78, 5) is 2.44. The van der Waals surface area contributed by atoms with Crippen LogP contribution in [0.25, 0.3) is 0 Å². The fourth-order valence-corrected chi connectivity index (χ4v) is 2.59. The van der Waals surface area contributed by atoms with E-state index in [2.05, 4.69) is 21.4 Å². The molecule has 2 N–H and O–H groups in total. The molecule has 1 aromatic heterocycles. The molecule has 2 rings (SSSR count). The Hall–Kier alpha value is -0.520. The van der Waals surface area contributed by atoms with Gasteiger partial charge in [0.1, 0.15) is 0 Å². The highest BCUT2D eigenvalue weighted by atomic mass is 32.1. The second-order valence-electron chi connectivity index (χ2n) is 4.39. The summed E-state index contributed by atoms with van der Waals surface area (Å²) in [7, 11) is 0. The average Bonchev–Trinajstić information content (AvgIpc) is 2.71. The lowest BCUT2D eigenvalue weighted by Gasteiger charge is -2.34. The van der Waals surface area contributed by atoms with Crippen LogP contribution >= 0.6 is 11.5 Å². The number of nitrogens with two attached hydrogens (primary N) is 1. The molecule has 0 amide bonds. The van der Waals surface area contributed by atoms with E-state index in [1.165, 1.54) is 30.9 Å². The van der Waals surface area contributed by atoms with Crippen LogP contribution in [0.1, 0.15) is 25.5 Å². The molecular weight excluding hydrogens is 208 g/mol. The summed E-state index contributed by atoms with van der Waals surface area (Å²) in [5.41, 5.74) is 7.04. The van der Waals surface area contributed by atoms with Gasteiger partial charge < -0.3 is 5.73 Å². The van der Waals surface area contributed by atoms with Gasteiger partial charge in [-0.3, -0.25) is 4.90 Å². The van der Waals surface area contributed by atoms with E-state index < -0.39 is 0 Å². The second-order valence-corrected chi connectivity index (χ2v) is 5.00. The lowest BCUT2D eigenvalue weighted by molar-refractivity contribution is 0.153. The maximum absolute atomic E-state index is 5.95. The summed E-state index contributed by atoms with van der Waals surface area (Å²) in [6.07, 6.45) is 2.52. The van der Waals surface area contributed by atoms with E-state index in [-0.39, 0.29) is 0 Å².